The van der Waals surface area contributed by atoms with E-state index in [0.717, 1.165) is 18.4 Å². The van der Waals surface area contributed by atoms with E-state index < -0.39 is 0 Å². The summed E-state index contributed by atoms with van der Waals surface area (Å²) in [6.45, 7) is 8.05. The van der Waals surface area contributed by atoms with Crippen molar-refractivity contribution in [1.82, 2.24) is 5.32 Å². The molecule has 0 bridgehead atoms. The highest BCUT2D eigenvalue weighted by Crippen LogP contribution is 2.38. The summed E-state index contributed by atoms with van der Waals surface area (Å²) >= 11 is 0. The lowest BCUT2D eigenvalue weighted by molar-refractivity contribution is 0.189. The molecule has 0 aromatic heterocycles. The molecule has 0 radical (unpaired) electrons. The molecule has 118 valence electrons. The zero-order valence-corrected chi connectivity index (χ0v) is 14.1. The van der Waals surface area contributed by atoms with Gasteiger partial charge in [0, 0.05) is 6.04 Å². The number of hydrogen-bond donors (Lipinski definition) is 1. The molecular weight excluding hydrogens is 254 g/mol. The molecule has 1 aromatic carbocycles. The van der Waals surface area contributed by atoms with E-state index in [-0.39, 0.29) is 0 Å². The number of hydrogen-bond acceptors (Lipinski definition) is 1. The first-order chi connectivity index (χ1) is 10.3. The predicted molar refractivity (Wildman–Crippen MR) is 92.7 cm³/mol. The van der Waals surface area contributed by atoms with Crippen molar-refractivity contribution in [3.8, 4) is 0 Å². The minimum absolute atomic E-state index is 0.650. The van der Waals surface area contributed by atoms with Gasteiger partial charge < -0.3 is 5.32 Å². The molecule has 1 nitrogen and oxygen atoms in total. The largest absolute Gasteiger partial charge is 0.313 e. The topological polar surface area (TPSA) is 12.0 Å². The maximum absolute atomic E-state index is 3.85. The van der Waals surface area contributed by atoms with Crippen LogP contribution in [0.3, 0.4) is 0 Å². The molecule has 0 spiro atoms. The van der Waals surface area contributed by atoms with E-state index in [0.29, 0.717) is 12.0 Å². The van der Waals surface area contributed by atoms with Crippen molar-refractivity contribution in [2.45, 2.75) is 71.3 Å². The van der Waals surface area contributed by atoms with Crippen LogP contribution in [0.15, 0.2) is 30.3 Å². The van der Waals surface area contributed by atoms with Gasteiger partial charge in [0.05, 0.1) is 0 Å². The minimum Gasteiger partial charge on any atom is -0.313 e. The summed E-state index contributed by atoms with van der Waals surface area (Å²) in [7, 11) is 0. The third kappa shape index (κ3) is 4.32. The van der Waals surface area contributed by atoms with E-state index in [4.69, 9.17) is 0 Å². The molecule has 1 aliphatic carbocycles. The predicted octanol–water partition coefficient (Wildman–Crippen LogP) is 5.37. The highest BCUT2D eigenvalue weighted by molar-refractivity contribution is 5.21. The van der Waals surface area contributed by atoms with Crippen LogP contribution in [-0.4, -0.2) is 12.6 Å². The Kier molecular flexibility index (Phi) is 6.76. The Morgan fingerprint density at radius 1 is 1.10 bits per heavy atom. The summed E-state index contributed by atoms with van der Waals surface area (Å²) in [6, 6.07) is 11.8. The molecule has 1 saturated carbocycles. The van der Waals surface area contributed by atoms with Gasteiger partial charge in [0.2, 0.25) is 0 Å². The zero-order chi connectivity index (χ0) is 15.1. The number of rotatable bonds is 7. The molecule has 1 N–H and O–H groups in total. The van der Waals surface area contributed by atoms with E-state index >= 15 is 0 Å². The molecule has 0 amide bonds. The summed E-state index contributed by atoms with van der Waals surface area (Å²) in [5.74, 6) is 2.47. The third-order valence-electron chi connectivity index (χ3n) is 5.45. The van der Waals surface area contributed by atoms with Crippen LogP contribution >= 0.6 is 0 Å². The molecular formula is C20H33N. The Morgan fingerprint density at radius 3 is 2.48 bits per heavy atom. The monoisotopic (exact) mass is 287 g/mol. The van der Waals surface area contributed by atoms with Crippen LogP contribution in [0.2, 0.25) is 0 Å². The first kappa shape index (κ1) is 16.5. The first-order valence-corrected chi connectivity index (χ1v) is 9.08. The molecule has 0 aliphatic heterocycles. The van der Waals surface area contributed by atoms with Crippen LogP contribution < -0.4 is 5.32 Å². The average Bonchev–Trinajstić information content (AvgIpc) is 2.56. The van der Waals surface area contributed by atoms with Gasteiger partial charge in [-0.15, -0.1) is 0 Å². The molecule has 4 unspecified atom stereocenters. The molecule has 1 heteroatoms. The Bertz CT molecular complexity index is 386. The van der Waals surface area contributed by atoms with Crippen LogP contribution in [0, 0.1) is 11.8 Å². The molecule has 21 heavy (non-hydrogen) atoms. The van der Waals surface area contributed by atoms with Crippen LogP contribution in [0.5, 0.6) is 0 Å². The fourth-order valence-electron chi connectivity index (χ4n) is 4.30. The van der Waals surface area contributed by atoms with E-state index in [1.54, 1.807) is 0 Å². The Labute approximate surface area is 131 Å². The van der Waals surface area contributed by atoms with E-state index in [9.17, 15) is 0 Å². The Hall–Kier alpha value is -0.820. The highest BCUT2D eigenvalue weighted by Gasteiger charge is 2.32. The minimum atomic E-state index is 0.650. The standard InChI is InChI=1S/C20H33N/c1-4-16-11-10-14-18(15-16)20(21-6-3)19(5-2)17-12-8-7-9-13-17/h7-9,12-13,16,18-21H,4-6,10-11,14-15H2,1-3H3. The second-order valence-corrected chi connectivity index (χ2v) is 6.71. The molecule has 1 fully saturated rings. The summed E-state index contributed by atoms with van der Waals surface area (Å²) in [6.07, 6.45) is 8.31. The van der Waals surface area contributed by atoms with Crippen LogP contribution in [-0.2, 0) is 0 Å². The number of benzene rings is 1. The van der Waals surface area contributed by atoms with Crippen LogP contribution in [0.4, 0.5) is 0 Å². The molecule has 1 aliphatic rings. The zero-order valence-electron chi connectivity index (χ0n) is 14.1. The molecule has 1 aromatic rings. The van der Waals surface area contributed by atoms with Gasteiger partial charge in [-0.1, -0.05) is 70.4 Å². The molecule has 4 atom stereocenters. The SMILES string of the molecule is CCNC(C1CCCC(CC)C1)C(CC)c1ccccc1. The second-order valence-electron chi connectivity index (χ2n) is 6.71. The quantitative estimate of drug-likeness (QED) is 0.710. The lowest BCUT2D eigenvalue weighted by Gasteiger charge is -2.39. The van der Waals surface area contributed by atoms with Crippen LogP contribution in [0.1, 0.15) is 70.8 Å². The summed E-state index contributed by atoms with van der Waals surface area (Å²) in [5.41, 5.74) is 1.52. The summed E-state index contributed by atoms with van der Waals surface area (Å²) in [5, 5.41) is 3.85. The normalized spacial score (nSPS) is 25.5. The number of nitrogens with one attached hydrogen (secondary N) is 1. The van der Waals surface area contributed by atoms with Crippen molar-refractivity contribution in [3.05, 3.63) is 35.9 Å². The van der Waals surface area contributed by atoms with Crippen molar-refractivity contribution >= 4 is 0 Å². The smallest absolute Gasteiger partial charge is 0.0164 e. The number of likely N-dealkylation sites (N-methyl/N-ethyl adjacent to an activating group) is 1. The maximum Gasteiger partial charge on any atom is 0.0164 e. The first-order valence-electron chi connectivity index (χ1n) is 9.08. The van der Waals surface area contributed by atoms with Crippen molar-refractivity contribution in [2.24, 2.45) is 11.8 Å². The van der Waals surface area contributed by atoms with Gasteiger partial charge >= 0.3 is 0 Å². The fraction of sp³-hybridized carbons (Fsp3) is 0.700. The van der Waals surface area contributed by atoms with Gasteiger partial charge in [-0.2, -0.15) is 0 Å². The lowest BCUT2D eigenvalue weighted by Crippen LogP contribution is -2.43. The average molecular weight is 287 g/mol. The van der Waals surface area contributed by atoms with Gasteiger partial charge in [-0.25, -0.2) is 0 Å². The van der Waals surface area contributed by atoms with Gasteiger partial charge in [0.25, 0.3) is 0 Å². The van der Waals surface area contributed by atoms with Crippen molar-refractivity contribution in [2.75, 3.05) is 6.54 Å². The van der Waals surface area contributed by atoms with Gasteiger partial charge in [-0.05, 0) is 49.1 Å². The Morgan fingerprint density at radius 2 is 1.86 bits per heavy atom. The van der Waals surface area contributed by atoms with Gasteiger partial charge in [0.15, 0.2) is 0 Å². The van der Waals surface area contributed by atoms with E-state index in [2.05, 4.69) is 56.4 Å². The van der Waals surface area contributed by atoms with Crippen molar-refractivity contribution in [1.29, 1.82) is 0 Å². The third-order valence-corrected chi connectivity index (χ3v) is 5.45. The fourth-order valence-corrected chi connectivity index (χ4v) is 4.30. The van der Waals surface area contributed by atoms with Crippen LogP contribution in [0.25, 0.3) is 0 Å². The van der Waals surface area contributed by atoms with Gasteiger partial charge in [0.1, 0.15) is 0 Å². The van der Waals surface area contributed by atoms with Crippen molar-refractivity contribution < 1.29 is 0 Å². The van der Waals surface area contributed by atoms with E-state index in [1.165, 1.54) is 44.1 Å². The summed E-state index contributed by atoms with van der Waals surface area (Å²) in [4.78, 5) is 0. The van der Waals surface area contributed by atoms with Crippen molar-refractivity contribution in [3.63, 3.8) is 0 Å². The van der Waals surface area contributed by atoms with Gasteiger partial charge in [-0.3, -0.25) is 0 Å². The molecule has 2 rings (SSSR count). The van der Waals surface area contributed by atoms with E-state index in [1.807, 2.05) is 0 Å². The summed E-state index contributed by atoms with van der Waals surface area (Å²) < 4.78 is 0. The second kappa shape index (κ2) is 8.58. The molecule has 0 heterocycles. The lowest BCUT2D eigenvalue weighted by atomic mass is 9.71. The highest BCUT2D eigenvalue weighted by atomic mass is 14.9. The maximum atomic E-state index is 3.85. The Balaban J connectivity index is 2.16. The molecule has 0 saturated heterocycles.